The van der Waals surface area contributed by atoms with Gasteiger partial charge in [-0.15, -0.1) is 21.5 Å². The summed E-state index contributed by atoms with van der Waals surface area (Å²) in [7, 11) is 0. The Balaban J connectivity index is 1.01. The first-order valence-electron chi connectivity index (χ1n) is 17.1. The number of amides is 3. The van der Waals surface area contributed by atoms with Gasteiger partial charge in [0.05, 0.1) is 18.7 Å². The van der Waals surface area contributed by atoms with E-state index < -0.39 is 6.04 Å². The molecule has 51 heavy (non-hydrogen) atoms. The normalized spacial score (nSPS) is 15.5. The van der Waals surface area contributed by atoms with Gasteiger partial charge in [0.2, 0.25) is 17.7 Å². The number of aryl methyl sites for hydroxylation is 2. The van der Waals surface area contributed by atoms with Gasteiger partial charge in [-0.1, -0.05) is 35.6 Å². The quantitative estimate of drug-likeness (QED) is 0.158. The van der Waals surface area contributed by atoms with Crippen LogP contribution in [0.2, 0.25) is 5.02 Å². The van der Waals surface area contributed by atoms with Gasteiger partial charge in [0.1, 0.15) is 16.9 Å². The molecule has 4 heterocycles. The van der Waals surface area contributed by atoms with E-state index in [9.17, 15) is 14.4 Å². The lowest BCUT2D eigenvalue weighted by Gasteiger charge is -2.31. The van der Waals surface area contributed by atoms with E-state index in [2.05, 4.69) is 46.5 Å². The molecule has 0 radical (unpaired) electrons. The van der Waals surface area contributed by atoms with Crippen molar-refractivity contribution in [3.05, 3.63) is 92.3 Å². The number of rotatable bonds is 9. The molecule has 0 bridgehead atoms. The Bertz CT molecular complexity index is 2020. The van der Waals surface area contributed by atoms with Crippen LogP contribution in [0.5, 0.6) is 0 Å². The molecule has 2 aromatic carbocycles. The number of likely N-dealkylation sites (tertiary alicyclic amines) is 1. The fraction of sp³-hybridized carbons (Fsp3) is 0.368. The number of hydrogen-bond acceptors (Lipinski definition) is 8. The van der Waals surface area contributed by atoms with E-state index in [-0.39, 0.29) is 30.1 Å². The summed E-state index contributed by atoms with van der Waals surface area (Å²) in [6, 6.07) is 14.4. The summed E-state index contributed by atoms with van der Waals surface area (Å²) in [5.74, 6) is 6.77. The first-order chi connectivity index (χ1) is 24.6. The maximum absolute atomic E-state index is 13.3. The third kappa shape index (κ3) is 8.22. The van der Waals surface area contributed by atoms with Gasteiger partial charge in [0.15, 0.2) is 5.82 Å². The predicted octanol–water partition coefficient (Wildman–Crippen LogP) is 5.27. The third-order valence-corrected chi connectivity index (χ3v) is 10.8. The minimum atomic E-state index is -0.564. The molecule has 4 aromatic rings. The van der Waals surface area contributed by atoms with E-state index in [1.807, 2.05) is 64.9 Å². The zero-order valence-corrected chi connectivity index (χ0v) is 30.5. The number of benzene rings is 2. The Morgan fingerprint density at radius 1 is 1.02 bits per heavy atom. The number of thiophene rings is 1. The Kier molecular flexibility index (Phi) is 11.3. The molecule has 4 N–H and O–H groups in total. The second-order valence-electron chi connectivity index (χ2n) is 12.8. The highest BCUT2D eigenvalue weighted by atomic mass is 35.5. The number of nitrogens with zero attached hydrogens (tertiary/aromatic N) is 5. The highest BCUT2D eigenvalue weighted by Crippen LogP contribution is 2.39. The number of carbonyl (C=O) groups excluding carboxylic acids is 3. The van der Waals surface area contributed by atoms with E-state index in [0.717, 1.165) is 38.8 Å². The molecule has 2 aliphatic heterocycles. The summed E-state index contributed by atoms with van der Waals surface area (Å²) in [4.78, 5) is 47.3. The largest absolute Gasteiger partial charge is 0.356 e. The SMILES string of the molecule is Cc1sc2c(c1C)C(c1ccc(Cl)cc1)=N[C@@H](CC(=O)NCCCC(=O)N1CCC(C(=O)Nc3ccc(C#CCN)cc3)CC1)c1nnc(C)n1-2. The number of fused-ring (bicyclic) bond motifs is 3. The number of nitrogens with one attached hydrogen (secondary N) is 2. The van der Waals surface area contributed by atoms with Gasteiger partial charge in [-0.2, -0.15) is 0 Å². The topological polar surface area (TPSA) is 148 Å². The van der Waals surface area contributed by atoms with E-state index in [1.165, 1.54) is 4.88 Å². The monoisotopic (exact) mass is 724 g/mol. The van der Waals surface area contributed by atoms with Crippen molar-refractivity contribution in [1.82, 2.24) is 25.0 Å². The molecule has 6 rings (SSSR count). The molecule has 264 valence electrons. The van der Waals surface area contributed by atoms with Crippen LogP contribution in [0.25, 0.3) is 5.00 Å². The molecule has 0 spiro atoms. The summed E-state index contributed by atoms with van der Waals surface area (Å²) >= 11 is 7.88. The van der Waals surface area contributed by atoms with E-state index in [1.54, 1.807) is 11.3 Å². The van der Waals surface area contributed by atoms with Crippen molar-refractivity contribution in [2.24, 2.45) is 16.6 Å². The Hall–Kier alpha value is -4.83. The molecule has 1 fully saturated rings. The molecule has 11 nitrogen and oxygen atoms in total. The Labute approximate surface area is 306 Å². The zero-order valence-electron chi connectivity index (χ0n) is 29.0. The number of nitrogens with two attached hydrogens (primary N) is 1. The summed E-state index contributed by atoms with van der Waals surface area (Å²) in [5.41, 5.74) is 10.8. The molecule has 1 saturated heterocycles. The van der Waals surface area contributed by atoms with Crippen molar-refractivity contribution in [2.75, 3.05) is 31.5 Å². The molecular formula is C38H41ClN8O3S. The fourth-order valence-corrected chi connectivity index (χ4v) is 7.77. The van der Waals surface area contributed by atoms with Crippen LogP contribution < -0.4 is 16.4 Å². The summed E-state index contributed by atoms with van der Waals surface area (Å²) in [6.07, 6.45) is 2.10. The van der Waals surface area contributed by atoms with E-state index >= 15 is 0 Å². The average Bonchev–Trinajstić information content (AvgIpc) is 3.61. The molecular weight excluding hydrogens is 684 g/mol. The van der Waals surface area contributed by atoms with Crippen LogP contribution in [0.15, 0.2) is 53.5 Å². The molecule has 3 amide bonds. The molecule has 13 heteroatoms. The fourth-order valence-electron chi connectivity index (χ4n) is 6.43. The molecule has 0 aliphatic carbocycles. The predicted molar refractivity (Wildman–Crippen MR) is 200 cm³/mol. The van der Waals surface area contributed by atoms with E-state index in [4.69, 9.17) is 22.3 Å². The number of halogens is 1. The number of piperidine rings is 1. The molecule has 0 saturated carbocycles. The van der Waals surface area contributed by atoms with Crippen LogP contribution in [0.1, 0.15) is 76.9 Å². The standard InChI is InChI=1S/C38H41ClN8O3S/c1-23-24(2)51-38-34(23)35(27-10-12-29(39)13-11-27)43-31(36-45-44-25(3)47(36)38)22-32(48)41-19-5-7-33(49)46-20-16-28(17-21-46)37(50)42-30-14-8-26(9-15-30)6-4-18-40/h8-15,28,31H,5,7,16-22,40H2,1-3H3,(H,41,48)(H,42,50)/t31-/m0/s1. The average molecular weight is 725 g/mol. The van der Waals surface area contributed by atoms with Crippen molar-refractivity contribution < 1.29 is 14.4 Å². The second-order valence-corrected chi connectivity index (χ2v) is 14.4. The molecule has 2 aliphatic rings. The van der Waals surface area contributed by atoms with Crippen LogP contribution >= 0.6 is 22.9 Å². The van der Waals surface area contributed by atoms with Crippen molar-refractivity contribution in [2.45, 2.75) is 58.9 Å². The molecule has 1 atom stereocenters. The molecule has 2 aromatic heterocycles. The molecule has 0 unspecified atom stereocenters. The van der Waals surface area contributed by atoms with Crippen molar-refractivity contribution >= 4 is 52.1 Å². The maximum Gasteiger partial charge on any atom is 0.227 e. The van der Waals surface area contributed by atoms with Crippen LogP contribution in [0.3, 0.4) is 0 Å². The zero-order chi connectivity index (χ0) is 36.1. The van der Waals surface area contributed by atoms with E-state index in [0.29, 0.717) is 68.4 Å². The van der Waals surface area contributed by atoms with Gasteiger partial charge in [-0.3, -0.25) is 23.9 Å². The van der Waals surface area contributed by atoms with Gasteiger partial charge in [-0.25, -0.2) is 0 Å². The Morgan fingerprint density at radius 3 is 2.45 bits per heavy atom. The highest BCUT2D eigenvalue weighted by Gasteiger charge is 2.32. The first-order valence-corrected chi connectivity index (χ1v) is 18.3. The lowest BCUT2D eigenvalue weighted by Crippen LogP contribution is -2.41. The van der Waals surface area contributed by atoms with Crippen LogP contribution in [-0.4, -0.2) is 69.3 Å². The number of aliphatic imine (C=N–C) groups is 1. The number of hydrogen-bond donors (Lipinski definition) is 3. The number of aromatic nitrogens is 3. The van der Waals surface area contributed by atoms with Crippen molar-refractivity contribution in [1.29, 1.82) is 0 Å². The van der Waals surface area contributed by atoms with Crippen LogP contribution in [0.4, 0.5) is 5.69 Å². The van der Waals surface area contributed by atoms with Gasteiger partial charge >= 0.3 is 0 Å². The van der Waals surface area contributed by atoms with Gasteiger partial charge in [-0.05, 0) is 82.0 Å². The summed E-state index contributed by atoms with van der Waals surface area (Å²) < 4.78 is 2.02. The second kappa shape index (κ2) is 16.0. The van der Waals surface area contributed by atoms with Crippen LogP contribution in [0, 0.1) is 38.5 Å². The minimum Gasteiger partial charge on any atom is -0.356 e. The maximum atomic E-state index is 13.3. The number of carbonyl (C=O) groups is 3. The lowest BCUT2D eigenvalue weighted by atomic mass is 9.95. The van der Waals surface area contributed by atoms with Gasteiger partial charge in [0, 0.05) is 64.3 Å². The Morgan fingerprint density at radius 2 is 1.75 bits per heavy atom. The van der Waals surface area contributed by atoms with Gasteiger partial charge < -0.3 is 21.3 Å². The van der Waals surface area contributed by atoms with Crippen molar-refractivity contribution in [3.8, 4) is 16.8 Å². The van der Waals surface area contributed by atoms with Crippen LogP contribution in [-0.2, 0) is 14.4 Å². The van der Waals surface area contributed by atoms with Crippen molar-refractivity contribution in [3.63, 3.8) is 0 Å². The lowest BCUT2D eigenvalue weighted by molar-refractivity contribution is -0.134. The third-order valence-electron chi connectivity index (χ3n) is 9.33. The summed E-state index contributed by atoms with van der Waals surface area (Å²) in [6.45, 7) is 7.79. The minimum absolute atomic E-state index is 0.0265. The van der Waals surface area contributed by atoms with Gasteiger partial charge in [0.25, 0.3) is 0 Å². The highest BCUT2D eigenvalue weighted by molar-refractivity contribution is 7.15. The number of anilines is 1. The first kappa shape index (κ1) is 36.0. The smallest absolute Gasteiger partial charge is 0.227 e. The summed E-state index contributed by atoms with van der Waals surface area (Å²) in [5, 5.41) is 16.4.